The smallest absolute Gasteiger partial charge is 0.220 e. The topological polar surface area (TPSA) is 69.1 Å². The lowest BCUT2D eigenvalue weighted by molar-refractivity contribution is -0.121. The molecule has 1 atom stereocenters. The number of nitrogens with two attached hydrogens (primary N) is 2. The number of hydrogen-bond donors (Lipinski definition) is 2. The van der Waals surface area contributed by atoms with E-state index in [0.29, 0.717) is 6.42 Å². The van der Waals surface area contributed by atoms with Crippen molar-refractivity contribution in [2.24, 2.45) is 17.4 Å². The zero-order chi connectivity index (χ0) is 8.15. The van der Waals surface area contributed by atoms with Crippen molar-refractivity contribution in [3.63, 3.8) is 0 Å². The van der Waals surface area contributed by atoms with Crippen molar-refractivity contribution in [3.05, 3.63) is 11.8 Å². The minimum absolute atomic E-state index is 0.113. The van der Waals surface area contributed by atoms with Crippen molar-refractivity contribution in [2.75, 3.05) is 0 Å². The van der Waals surface area contributed by atoms with Crippen molar-refractivity contribution in [1.82, 2.24) is 0 Å². The molecular weight excluding hydrogens is 128 g/mol. The summed E-state index contributed by atoms with van der Waals surface area (Å²) in [7, 11) is 0. The molecule has 0 saturated heterocycles. The van der Waals surface area contributed by atoms with Gasteiger partial charge in [-0.2, -0.15) is 0 Å². The molecule has 1 unspecified atom stereocenters. The summed E-state index contributed by atoms with van der Waals surface area (Å²) in [5.41, 5.74) is 11.1. The van der Waals surface area contributed by atoms with Crippen molar-refractivity contribution >= 4 is 5.91 Å². The summed E-state index contributed by atoms with van der Waals surface area (Å²) in [4.78, 5) is 10.5. The first-order valence-corrected chi connectivity index (χ1v) is 3.25. The first-order chi connectivity index (χ1) is 4.54. The van der Waals surface area contributed by atoms with Crippen LogP contribution in [0.5, 0.6) is 0 Å². The van der Waals surface area contributed by atoms with E-state index >= 15 is 0 Å². The number of amides is 1. The van der Waals surface area contributed by atoms with E-state index in [1.165, 1.54) is 0 Å². The second-order valence-electron chi connectivity index (χ2n) is 2.49. The maximum Gasteiger partial charge on any atom is 0.220 e. The highest BCUT2D eigenvalue weighted by Crippen LogP contribution is 2.01. The van der Waals surface area contributed by atoms with E-state index in [1.54, 1.807) is 19.9 Å². The molecule has 0 aliphatic heterocycles. The van der Waals surface area contributed by atoms with Gasteiger partial charge in [-0.1, -0.05) is 13.0 Å². The van der Waals surface area contributed by atoms with Crippen LogP contribution in [-0.2, 0) is 4.79 Å². The van der Waals surface area contributed by atoms with Gasteiger partial charge in [0.05, 0.1) is 0 Å². The Morgan fingerprint density at radius 2 is 2.10 bits per heavy atom. The van der Waals surface area contributed by atoms with Crippen LogP contribution in [0.2, 0.25) is 0 Å². The highest BCUT2D eigenvalue weighted by molar-refractivity contribution is 5.76. The highest BCUT2D eigenvalue weighted by atomic mass is 16.1. The largest absolute Gasteiger partial charge is 0.403 e. The van der Waals surface area contributed by atoms with Gasteiger partial charge in [0.2, 0.25) is 5.91 Å². The van der Waals surface area contributed by atoms with Crippen molar-refractivity contribution < 1.29 is 4.79 Å². The van der Waals surface area contributed by atoms with Gasteiger partial charge >= 0.3 is 0 Å². The van der Waals surface area contributed by atoms with E-state index in [2.05, 4.69) is 0 Å². The van der Waals surface area contributed by atoms with Crippen molar-refractivity contribution in [1.29, 1.82) is 0 Å². The van der Waals surface area contributed by atoms with Gasteiger partial charge in [-0.3, -0.25) is 4.79 Å². The molecular formula is C7H14N2O. The number of carbonyl (C=O) groups is 1. The van der Waals surface area contributed by atoms with E-state index < -0.39 is 0 Å². The molecule has 0 aromatic carbocycles. The van der Waals surface area contributed by atoms with Crippen LogP contribution in [0.3, 0.4) is 0 Å². The van der Waals surface area contributed by atoms with Gasteiger partial charge in [0.15, 0.2) is 0 Å². The Kier molecular flexibility index (Phi) is 3.54. The third-order valence-electron chi connectivity index (χ3n) is 1.28. The van der Waals surface area contributed by atoms with E-state index in [0.717, 1.165) is 5.70 Å². The number of hydrogen-bond acceptors (Lipinski definition) is 2. The lowest BCUT2D eigenvalue weighted by Crippen LogP contribution is -2.19. The molecule has 3 nitrogen and oxygen atoms in total. The van der Waals surface area contributed by atoms with Gasteiger partial charge in [-0.25, -0.2) is 0 Å². The lowest BCUT2D eigenvalue weighted by atomic mass is 10.1. The first-order valence-electron chi connectivity index (χ1n) is 3.25. The Balaban J connectivity index is 3.70. The SMILES string of the molecule is C/C(N)=C\CC(C)C(N)=O. The second kappa shape index (κ2) is 3.93. The molecule has 0 aliphatic carbocycles. The Morgan fingerprint density at radius 3 is 2.40 bits per heavy atom. The molecule has 0 spiro atoms. The number of carbonyl (C=O) groups excluding carboxylic acids is 1. The van der Waals surface area contributed by atoms with E-state index in [9.17, 15) is 4.79 Å². The van der Waals surface area contributed by atoms with E-state index in [-0.39, 0.29) is 11.8 Å². The molecule has 4 N–H and O–H groups in total. The van der Waals surface area contributed by atoms with E-state index in [1.807, 2.05) is 0 Å². The lowest BCUT2D eigenvalue weighted by Gasteiger charge is -2.01. The molecule has 0 rings (SSSR count). The average Bonchev–Trinajstić information content (AvgIpc) is 1.82. The fraction of sp³-hybridized carbons (Fsp3) is 0.571. The van der Waals surface area contributed by atoms with Gasteiger partial charge in [0.25, 0.3) is 0 Å². The Hall–Kier alpha value is -0.990. The van der Waals surface area contributed by atoms with Gasteiger partial charge in [-0.15, -0.1) is 0 Å². The van der Waals surface area contributed by atoms with Crippen LogP contribution in [0.15, 0.2) is 11.8 Å². The molecule has 1 amide bonds. The molecule has 0 saturated carbocycles. The summed E-state index contributed by atoms with van der Waals surface area (Å²) in [5.74, 6) is -0.393. The van der Waals surface area contributed by atoms with Gasteiger partial charge in [0, 0.05) is 11.6 Å². The van der Waals surface area contributed by atoms with E-state index in [4.69, 9.17) is 11.5 Å². The average molecular weight is 142 g/mol. The van der Waals surface area contributed by atoms with Gasteiger partial charge < -0.3 is 11.5 Å². The van der Waals surface area contributed by atoms with Crippen LogP contribution < -0.4 is 11.5 Å². The third kappa shape index (κ3) is 3.95. The Labute approximate surface area is 61.1 Å². The zero-order valence-corrected chi connectivity index (χ0v) is 6.42. The van der Waals surface area contributed by atoms with Crippen LogP contribution in [-0.4, -0.2) is 5.91 Å². The standard InChI is InChI=1S/C7H14N2O/c1-5(7(9)10)3-4-6(2)8/h4-5H,3,8H2,1-2H3,(H2,9,10)/b6-4+. The highest BCUT2D eigenvalue weighted by Gasteiger charge is 2.04. The zero-order valence-electron chi connectivity index (χ0n) is 6.42. The number of primary amides is 1. The summed E-state index contributed by atoms with van der Waals surface area (Å²) in [6.45, 7) is 3.56. The molecule has 0 bridgehead atoms. The maximum atomic E-state index is 10.5. The number of allylic oxidation sites excluding steroid dienone is 2. The summed E-state index contributed by atoms with van der Waals surface area (Å²) in [5, 5.41) is 0. The van der Waals surface area contributed by atoms with Gasteiger partial charge in [0.1, 0.15) is 0 Å². The summed E-state index contributed by atoms with van der Waals surface area (Å²) >= 11 is 0. The van der Waals surface area contributed by atoms with Crippen molar-refractivity contribution in [2.45, 2.75) is 20.3 Å². The fourth-order valence-corrected chi connectivity index (χ4v) is 0.479. The molecule has 3 heteroatoms. The van der Waals surface area contributed by atoms with Crippen LogP contribution in [0.4, 0.5) is 0 Å². The molecule has 10 heavy (non-hydrogen) atoms. The summed E-state index contributed by atoms with van der Waals surface area (Å²) in [6, 6.07) is 0. The monoisotopic (exact) mass is 142 g/mol. The van der Waals surface area contributed by atoms with Crippen LogP contribution in [0.1, 0.15) is 20.3 Å². The molecule has 58 valence electrons. The molecule has 0 aromatic rings. The molecule has 0 heterocycles. The third-order valence-corrected chi connectivity index (χ3v) is 1.28. The second-order valence-corrected chi connectivity index (χ2v) is 2.49. The normalized spacial score (nSPS) is 14.8. The predicted molar refractivity (Wildman–Crippen MR) is 40.9 cm³/mol. The Bertz CT molecular complexity index is 148. The van der Waals surface area contributed by atoms with Gasteiger partial charge in [-0.05, 0) is 13.3 Å². The Morgan fingerprint density at radius 1 is 1.60 bits per heavy atom. The maximum absolute atomic E-state index is 10.5. The summed E-state index contributed by atoms with van der Waals surface area (Å²) in [6.07, 6.45) is 2.44. The quantitative estimate of drug-likeness (QED) is 0.597. The fourth-order valence-electron chi connectivity index (χ4n) is 0.479. The predicted octanol–water partition coefficient (Wildman–Crippen LogP) is 0.360. The summed E-state index contributed by atoms with van der Waals surface area (Å²) < 4.78 is 0. The van der Waals surface area contributed by atoms with Crippen LogP contribution in [0, 0.1) is 5.92 Å². The first kappa shape index (κ1) is 9.01. The van der Waals surface area contributed by atoms with Crippen molar-refractivity contribution in [3.8, 4) is 0 Å². The number of rotatable bonds is 3. The molecule has 0 fully saturated rings. The minimum atomic E-state index is -0.280. The molecule has 0 radical (unpaired) electrons. The van der Waals surface area contributed by atoms with Crippen LogP contribution >= 0.6 is 0 Å². The molecule has 0 aromatic heterocycles. The van der Waals surface area contributed by atoms with Crippen LogP contribution in [0.25, 0.3) is 0 Å². The molecule has 0 aliphatic rings. The minimum Gasteiger partial charge on any atom is -0.403 e.